The van der Waals surface area contributed by atoms with Crippen molar-refractivity contribution >= 4 is 5.96 Å². The van der Waals surface area contributed by atoms with Gasteiger partial charge < -0.3 is 15.1 Å². The molecule has 0 saturated heterocycles. The van der Waals surface area contributed by atoms with E-state index in [-0.39, 0.29) is 0 Å². The van der Waals surface area contributed by atoms with Crippen LogP contribution in [0.5, 0.6) is 0 Å². The van der Waals surface area contributed by atoms with Crippen molar-refractivity contribution in [3.63, 3.8) is 0 Å². The average Bonchev–Trinajstić information content (AvgIpc) is 2.89. The Kier molecular flexibility index (Phi) is 4.88. The van der Waals surface area contributed by atoms with Gasteiger partial charge in [0.2, 0.25) is 0 Å². The Balaban J connectivity index is 1.83. The molecule has 3 atom stereocenters. The Morgan fingerprint density at radius 2 is 2.37 bits per heavy atom. The van der Waals surface area contributed by atoms with E-state index in [9.17, 15) is 0 Å². The minimum absolute atomic E-state index is 0.448. The number of guanidine groups is 1. The molecule has 1 saturated carbocycles. The largest absolute Gasteiger partial charge is 0.469 e. The van der Waals surface area contributed by atoms with Crippen LogP contribution in [0.1, 0.15) is 39.4 Å². The maximum atomic E-state index is 5.32. The first kappa shape index (κ1) is 14.0. The van der Waals surface area contributed by atoms with Crippen LogP contribution in [0.15, 0.2) is 27.8 Å². The monoisotopic (exact) mass is 263 g/mol. The molecule has 0 spiro atoms. The summed E-state index contributed by atoms with van der Waals surface area (Å²) in [4.78, 5) is 4.64. The first-order valence-corrected chi connectivity index (χ1v) is 7.29. The summed E-state index contributed by atoms with van der Waals surface area (Å²) in [6.07, 6.45) is 4.90. The highest BCUT2D eigenvalue weighted by atomic mass is 16.3. The van der Waals surface area contributed by atoms with Crippen LogP contribution in [-0.2, 0) is 6.42 Å². The number of nitrogens with zero attached hydrogens (tertiary/aromatic N) is 1. The van der Waals surface area contributed by atoms with Gasteiger partial charge in [0.1, 0.15) is 5.76 Å². The van der Waals surface area contributed by atoms with E-state index in [1.165, 1.54) is 6.42 Å². The molecule has 1 aromatic rings. The van der Waals surface area contributed by atoms with Gasteiger partial charge in [-0.3, -0.25) is 4.99 Å². The van der Waals surface area contributed by atoms with Gasteiger partial charge in [0, 0.05) is 25.0 Å². The summed E-state index contributed by atoms with van der Waals surface area (Å²) in [6, 6.07) is 4.96. The highest BCUT2D eigenvalue weighted by Crippen LogP contribution is 2.28. The Labute approximate surface area is 115 Å². The number of nitrogens with one attached hydrogen (secondary N) is 2. The lowest BCUT2D eigenvalue weighted by molar-refractivity contribution is 0.510. The van der Waals surface area contributed by atoms with Crippen LogP contribution >= 0.6 is 0 Å². The van der Waals surface area contributed by atoms with Gasteiger partial charge in [0.25, 0.3) is 0 Å². The molecule has 0 aromatic carbocycles. The first-order chi connectivity index (χ1) is 9.19. The van der Waals surface area contributed by atoms with E-state index < -0.39 is 0 Å². The highest BCUT2D eigenvalue weighted by molar-refractivity contribution is 5.80. The Morgan fingerprint density at radius 3 is 2.95 bits per heavy atom. The smallest absolute Gasteiger partial charge is 0.191 e. The van der Waals surface area contributed by atoms with Crippen molar-refractivity contribution in [3.05, 3.63) is 24.2 Å². The molecule has 1 fully saturated rings. The van der Waals surface area contributed by atoms with Crippen molar-refractivity contribution in [2.24, 2.45) is 10.9 Å². The molecule has 0 radical (unpaired) electrons. The van der Waals surface area contributed by atoms with Crippen LogP contribution in [0.25, 0.3) is 0 Å². The zero-order chi connectivity index (χ0) is 13.7. The Morgan fingerprint density at radius 1 is 1.58 bits per heavy atom. The molecule has 4 heteroatoms. The number of hydrogen-bond donors (Lipinski definition) is 2. The molecule has 1 aliphatic carbocycles. The third kappa shape index (κ3) is 4.62. The van der Waals surface area contributed by atoms with E-state index in [0.29, 0.717) is 12.1 Å². The average molecular weight is 263 g/mol. The van der Waals surface area contributed by atoms with Crippen LogP contribution in [0.4, 0.5) is 0 Å². The van der Waals surface area contributed by atoms with E-state index in [1.807, 2.05) is 12.1 Å². The summed E-state index contributed by atoms with van der Waals surface area (Å²) >= 11 is 0. The summed E-state index contributed by atoms with van der Waals surface area (Å²) in [7, 11) is 0. The number of aliphatic imine (C=N–C) groups is 1. The van der Waals surface area contributed by atoms with Crippen LogP contribution < -0.4 is 10.6 Å². The maximum Gasteiger partial charge on any atom is 0.191 e. The van der Waals surface area contributed by atoms with Crippen molar-refractivity contribution < 1.29 is 4.42 Å². The van der Waals surface area contributed by atoms with Crippen LogP contribution in [0.2, 0.25) is 0 Å². The summed E-state index contributed by atoms with van der Waals surface area (Å²) in [5, 5.41) is 6.94. The molecular weight excluding hydrogens is 238 g/mol. The zero-order valence-electron chi connectivity index (χ0n) is 12.1. The topological polar surface area (TPSA) is 49.6 Å². The predicted octanol–water partition coefficient (Wildman–Crippen LogP) is 2.56. The molecule has 1 aromatic heterocycles. The number of rotatable bonds is 6. The van der Waals surface area contributed by atoms with Gasteiger partial charge in [-0.15, -0.1) is 0 Å². The molecule has 19 heavy (non-hydrogen) atoms. The molecule has 106 valence electrons. The van der Waals surface area contributed by atoms with Crippen LogP contribution in [-0.4, -0.2) is 24.6 Å². The van der Waals surface area contributed by atoms with E-state index in [0.717, 1.165) is 37.0 Å². The van der Waals surface area contributed by atoms with Crippen LogP contribution in [0.3, 0.4) is 0 Å². The Hall–Kier alpha value is -1.45. The minimum atomic E-state index is 0.448. The molecule has 1 aliphatic rings. The van der Waals surface area contributed by atoms with Gasteiger partial charge in [0.05, 0.1) is 6.26 Å². The summed E-state index contributed by atoms with van der Waals surface area (Å²) in [6.45, 7) is 7.37. The first-order valence-electron chi connectivity index (χ1n) is 7.29. The lowest BCUT2D eigenvalue weighted by atomic mass is 10.3. The molecular formula is C15H25N3O. The van der Waals surface area contributed by atoms with Gasteiger partial charge >= 0.3 is 0 Å². The van der Waals surface area contributed by atoms with Crippen molar-refractivity contribution in [2.75, 3.05) is 6.54 Å². The van der Waals surface area contributed by atoms with Gasteiger partial charge in [0.15, 0.2) is 5.96 Å². The summed E-state index contributed by atoms with van der Waals surface area (Å²) in [5.41, 5.74) is 0. The standard InChI is InChI=1S/C15H25N3O/c1-4-12(3)17-15(18-14-10-11(14)2)16-8-7-13-6-5-9-19-13/h5-6,9,11-12,14H,4,7-8,10H2,1-3H3,(H2,16,17,18). The third-order valence-electron chi connectivity index (χ3n) is 3.64. The normalized spacial score (nSPS) is 24.1. The third-order valence-corrected chi connectivity index (χ3v) is 3.64. The zero-order valence-corrected chi connectivity index (χ0v) is 12.1. The number of furan rings is 1. The predicted molar refractivity (Wildman–Crippen MR) is 78.3 cm³/mol. The number of hydrogen-bond acceptors (Lipinski definition) is 2. The SMILES string of the molecule is CCC(C)NC(=NCCc1ccco1)NC1CC1C. The van der Waals surface area contributed by atoms with Crippen molar-refractivity contribution in [1.82, 2.24) is 10.6 Å². The molecule has 4 nitrogen and oxygen atoms in total. The molecule has 2 N–H and O–H groups in total. The lowest BCUT2D eigenvalue weighted by Gasteiger charge is -2.17. The van der Waals surface area contributed by atoms with Gasteiger partial charge in [-0.1, -0.05) is 13.8 Å². The molecule has 2 rings (SSSR count). The van der Waals surface area contributed by atoms with Crippen LogP contribution in [0, 0.1) is 5.92 Å². The highest BCUT2D eigenvalue weighted by Gasteiger charge is 2.33. The fourth-order valence-electron chi connectivity index (χ4n) is 1.90. The molecule has 0 amide bonds. The minimum Gasteiger partial charge on any atom is -0.469 e. The molecule has 0 aliphatic heterocycles. The fraction of sp³-hybridized carbons (Fsp3) is 0.667. The molecule has 3 unspecified atom stereocenters. The van der Waals surface area contributed by atoms with Crippen molar-refractivity contribution in [2.45, 2.75) is 52.1 Å². The second-order valence-electron chi connectivity index (χ2n) is 5.48. The molecule has 1 heterocycles. The Bertz CT molecular complexity index is 392. The van der Waals surface area contributed by atoms with Gasteiger partial charge in [-0.2, -0.15) is 0 Å². The van der Waals surface area contributed by atoms with E-state index >= 15 is 0 Å². The van der Waals surface area contributed by atoms with E-state index in [4.69, 9.17) is 4.42 Å². The summed E-state index contributed by atoms with van der Waals surface area (Å²) < 4.78 is 5.32. The van der Waals surface area contributed by atoms with E-state index in [2.05, 4.69) is 36.4 Å². The molecule has 0 bridgehead atoms. The van der Waals surface area contributed by atoms with Crippen molar-refractivity contribution in [3.8, 4) is 0 Å². The fourth-order valence-corrected chi connectivity index (χ4v) is 1.90. The quantitative estimate of drug-likeness (QED) is 0.612. The second kappa shape index (κ2) is 6.64. The lowest BCUT2D eigenvalue weighted by Crippen LogP contribution is -2.43. The summed E-state index contributed by atoms with van der Waals surface area (Å²) in [5.74, 6) is 2.70. The van der Waals surface area contributed by atoms with Gasteiger partial charge in [-0.25, -0.2) is 0 Å². The van der Waals surface area contributed by atoms with E-state index in [1.54, 1.807) is 6.26 Å². The second-order valence-corrected chi connectivity index (χ2v) is 5.48. The van der Waals surface area contributed by atoms with Crippen molar-refractivity contribution in [1.29, 1.82) is 0 Å². The van der Waals surface area contributed by atoms with Gasteiger partial charge in [-0.05, 0) is 37.8 Å². The maximum absolute atomic E-state index is 5.32.